The van der Waals surface area contributed by atoms with Crippen molar-refractivity contribution in [1.29, 1.82) is 0 Å². The summed E-state index contributed by atoms with van der Waals surface area (Å²) in [6.45, 7) is -0.506. The van der Waals surface area contributed by atoms with Crippen molar-refractivity contribution in [3.05, 3.63) is 0 Å². The first kappa shape index (κ1) is 11.4. The molecule has 0 saturated carbocycles. The van der Waals surface area contributed by atoms with Gasteiger partial charge in [-0.15, -0.1) is 0 Å². The Kier molecular flexibility index (Phi) is 5.61. The van der Waals surface area contributed by atoms with Gasteiger partial charge in [0.1, 0.15) is 6.10 Å². The Bertz CT molecular complexity index is 136. The number of aliphatic hydroxyl groups excluding tert-OH is 3. The molecule has 0 radical (unpaired) electrons. The molecule has 0 fully saturated rings. The first-order valence-electron chi connectivity index (χ1n) is 3.76. The zero-order valence-electron chi connectivity index (χ0n) is 6.68. The molecule has 0 heterocycles. The fourth-order valence-electron chi connectivity index (χ4n) is 0.776. The minimum absolute atomic E-state index is 0.0325. The molecule has 0 spiro atoms. The highest BCUT2D eigenvalue weighted by Gasteiger charge is 2.14. The second-order valence-corrected chi connectivity index (χ2v) is 2.60. The molecule has 0 aliphatic rings. The third kappa shape index (κ3) is 5.06. The average molecular weight is 178 g/mol. The number of aliphatic carboxylic acids is 1. The normalized spacial score (nSPS) is 15.6. The molecule has 2 atom stereocenters. The number of aliphatic hydroxyl groups is 3. The highest BCUT2D eigenvalue weighted by atomic mass is 16.4. The Labute approximate surface area is 70.3 Å². The van der Waals surface area contributed by atoms with Gasteiger partial charge in [0.2, 0.25) is 0 Å². The van der Waals surface area contributed by atoms with E-state index in [9.17, 15) is 4.79 Å². The number of hydrogen-bond acceptors (Lipinski definition) is 4. The summed E-state index contributed by atoms with van der Waals surface area (Å²) in [6, 6.07) is 0. The van der Waals surface area contributed by atoms with Gasteiger partial charge in [-0.25, -0.2) is 0 Å². The van der Waals surface area contributed by atoms with Crippen molar-refractivity contribution in [2.24, 2.45) is 0 Å². The molecule has 0 aromatic rings. The molecule has 0 unspecified atom stereocenters. The average Bonchev–Trinajstić information content (AvgIpc) is 2.02. The molecule has 12 heavy (non-hydrogen) atoms. The summed E-state index contributed by atoms with van der Waals surface area (Å²) >= 11 is 0. The van der Waals surface area contributed by atoms with E-state index in [1.54, 1.807) is 0 Å². The minimum atomic E-state index is -1.17. The zero-order valence-corrected chi connectivity index (χ0v) is 6.68. The summed E-state index contributed by atoms with van der Waals surface area (Å²) in [5, 5.41) is 34.5. The molecule has 0 amide bonds. The lowest BCUT2D eigenvalue weighted by molar-refractivity contribution is -0.137. The lowest BCUT2D eigenvalue weighted by Gasteiger charge is -2.14. The lowest BCUT2D eigenvalue weighted by atomic mass is 10.1. The minimum Gasteiger partial charge on any atom is -0.481 e. The van der Waals surface area contributed by atoms with Gasteiger partial charge in [-0.05, 0) is 12.8 Å². The summed E-state index contributed by atoms with van der Waals surface area (Å²) < 4.78 is 0. The van der Waals surface area contributed by atoms with Crippen LogP contribution in [-0.2, 0) is 4.79 Å². The largest absolute Gasteiger partial charge is 0.481 e. The first-order chi connectivity index (χ1) is 5.57. The second kappa shape index (κ2) is 5.93. The van der Waals surface area contributed by atoms with Crippen molar-refractivity contribution in [2.45, 2.75) is 31.5 Å². The number of carboxylic acid groups (broad SMARTS) is 1. The number of rotatable bonds is 6. The molecule has 0 bridgehead atoms. The molecule has 0 aromatic carbocycles. The van der Waals surface area contributed by atoms with Gasteiger partial charge < -0.3 is 20.4 Å². The third-order valence-electron chi connectivity index (χ3n) is 1.52. The Balaban J connectivity index is 3.43. The van der Waals surface area contributed by atoms with Crippen molar-refractivity contribution in [1.82, 2.24) is 0 Å². The van der Waals surface area contributed by atoms with Crippen LogP contribution in [0.15, 0.2) is 0 Å². The maximum Gasteiger partial charge on any atom is 0.303 e. The molecule has 0 rings (SSSR count). The molecule has 0 saturated heterocycles. The van der Waals surface area contributed by atoms with Crippen molar-refractivity contribution in [3.63, 3.8) is 0 Å². The van der Waals surface area contributed by atoms with E-state index in [1.165, 1.54) is 0 Å². The summed E-state index contributed by atoms with van der Waals surface area (Å²) in [4.78, 5) is 10.0. The molecular weight excluding hydrogens is 164 g/mol. The van der Waals surface area contributed by atoms with E-state index in [1.807, 2.05) is 0 Å². The molecule has 0 aliphatic heterocycles. The Morgan fingerprint density at radius 3 is 2.25 bits per heavy atom. The monoisotopic (exact) mass is 178 g/mol. The predicted octanol–water partition coefficient (Wildman–Crippen LogP) is -1.04. The molecule has 72 valence electrons. The lowest BCUT2D eigenvalue weighted by Crippen LogP contribution is -2.29. The highest BCUT2D eigenvalue weighted by molar-refractivity contribution is 5.66. The van der Waals surface area contributed by atoms with Crippen molar-refractivity contribution >= 4 is 5.97 Å². The van der Waals surface area contributed by atoms with Crippen molar-refractivity contribution in [2.75, 3.05) is 6.61 Å². The number of carbonyl (C=O) groups is 1. The van der Waals surface area contributed by atoms with E-state index in [2.05, 4.69) is 0 Å². The van der Waals surface area contributed by atoms with E-state index < -0.39 is 24.8 Å². The summed E-state index contributed by atoms with van der Waals surface area (Å²) in [6.07, 6.45) is -1.75. The smallest absolute Gasteiger partial charge is 0.303 e. The maximum absolute atomic E-state index is 10.0. The van der Waals surface area contributed by atoms with E-state index >= 15 is 0 Å². The van der Waals surface area contributed by atoms with Gasteiger partial charge in [-0.2, -0.15) is 0 Å². The molecule has 5 heteroatoms. The van der Waals surface area contributed by atoms with Crippen LogP contribution in [-0.4, -0.2) is 45.2 Å². The van der Waals surface area contributed by atoms with Crippen LogP contribution < -0.4 is 0 Å². The summed E-state index contributed by atoms with van der Waals surface area (Å²) in [5.74, 6) is -0.930. The van der Waals surface area contributed by atoms with Crippen molar-refractivity contribution in [3.8, 4) is 0 Å². The fourth-order valence-corrected chi connectivity index (χ4v) is 0.776. The molecule has 0 aliphatic carbocycles. The van der Waals surface area contributed by atoms with Crippen molar-refractivity contribution < 1.29 is 25.2 Å². The topological polar surface area (TPSA) is 98.0 Å². The van der Waals surface area contributed by atoms with Crippen LogP contribution in [0.1, 0.15) is 19.3 Å². The number of hydrogen-bond donors (Lipinski definition) is 4. The Morgan fingerprint density at radius 1 is 1.25 bits per heavy atom. The summed E-state index contributed by atoms with van der Waals surface area (Å²) in [7, 11) is 0. The molecule has 4 N–H and O–H groups in total. The van der Waals surface area contributed by atoms with Gasteiger partial charge in [-0.3, -0.25) is 4.79 Å². The van der Waals surface area contributed by atoms with Crippen LogP contribution in [0.3, 0.4) is 0 Å². The van der Waals surface area contributed by atoms with E-state index in [-0.39, 0.29) is 12.8 Å². The maximum atomic E-state index is 10.0. The quantitative estimate of drug-likeness (QED) is 0.416. The van der Waals surface area contributed by atoms with E-state index in [0.29, 0.717) is 6.42 Å². The Hall–Kier alpha value is -0.650. The Morgan fingerprint density at radius 2 is 1.83 bits per heavy atom. The SMILES string of the molecule is O=C(O)CCC[C@H](O)[C@H](O)CO. The first-order valence-corrected chi connectivity index (χ1v) is 3.76. The molecule has 5 nitrogen and oxygen atoms in total. The standard InChI is InChI=1S/C7H14O5/c8-4-6(10)5(9)2-1-3-7(11)12/h5-6,8-10H,1-4H2,(H,11,12)/t5-,6+/m0/s1. The fraction of sp³-hybridized carbons (Fsp3) is 0.857. The van der Waals surface area contributed by atoms with Gasteiger partial charge in [-0.1, -0.05) is 0 Å². The van der Waals surface area contributed by atoms with Gasteiger partial charge >= 0.3 is 5.97 Å². The highest BCUT2D eigenvalue weighted by Crippen LogP contribution is 2.04. The van der Waals surface area contributed by atoms with Crippen LogP contribution in [0.25, 0.3) is 0 Å². The van der Waals surface area contributed by atoms with Crippen LogP contribution in [0.4, 0.5) is 0 Å². The third-order valence-corrected chi connectivity index (χ3v) is 1.52. The van der Waals surface area contributed by atoms with Gasteiger partial charge in [0.25, 0.3) is 0 Å². The second-order valence-electron chi connectivity index (χ2n) is 2.60. The van der Waals surface area contributed by atoms with Crippen LogP contribution in [0.5, 0.6) is 0 Å². The molecular formula is C7H14O5. The summed E-state index contributed by atoms with van der Waals surface area (Å²) in [5.41, 5.74) is 0. The van der Waals surface area contributed by atoms with E-state index in [0.717, 1.165) is 0 Å². The predicted molar refractivity (Wildman–Crippen MR) is 40.6 cm³/mol. The van der Waals surface area contributed by atoms with Crippen LogP contribution in [0, 0.1) is 0 Å². The molecule has 0 aromatic heterocycles. The van der Waals surface area contributed by atoms with Gasteiger partial charge in [0, 0.05) is 6.42 Å². The van der Waals surface area contributed by atoms with Crippen LogP contribution >= 0.6 is 0 Å². The van der Waals surface area contributed by atoms with Gasteiger partial charge in [0.05, 0.1) is 12.7 Å². The van der Waals surface area contributed by atoms with E-state index in [4.69, 9.17) is 20.4 Å². The zero-order chi connectivity index (χ0) is 9.56. The van der Waals surface area contributed by atoms with Crippen LogP contribution in [0.2, 0.25) is 0 Å². The van der Waals surface area contributed by atoms with Gasteiger partial charge in [0.15, 0.2) is 0 Å². The number of carboxylic acids is 1.